The van der Waals surface area contributed by atoms with Crippen molar-refractivity contribution in [1.82, 2.24) is 4.98 Å². The second-order valence-corrected chi connectivity index (χ2v) is 9.38. The van der Waals surface area contributed by atoms with Crippen molar-refractivity contribution in [2.75, 3.05) is 13.2 Å². The molecule has 0 aliphatic rings. The average molecular weight is 498 g/mol. The topological polar surface area (TPSA) is 91.8 Å². The fraction of sp³-hybridized carbons (Fsp3) is 0.552. The first-order chi connectivity index (χ1) is 17.6. The van der Waals surface area contributed by atoms with Crippen molar-refractivity contribution in [2.24, 2.45) is 5.92 Å². The van der Waals surface area contributed by atoms with Gasteiger partial charge in [-0.05, 0) is 31.4 Å². The number of aromatic nitrogens is 1. The number of fused-ring (bicyclic) bond motifs is 1. The van der Waals surface area contributed by atoms with Gasteiger partial charge in [-0.25, -0.2) is 9.78 Å². The van der Waals surface area contributed by atoms with Crippen LogP contribution in [0.5, 0.6) is 5.88 Å². The van der Waals surface area contributed by atoms with Crippen molar-refractivity contribution in [1.29, 1.82) is 0 Å². The summed E-state index contributed by atoms with van der Waals surface area (Å²) in [5.41, 5.74) is 1.16. The number of pyridine rings is 1. The summed E-state index contributed by atoms with van der Waals surface area (Å²) < 4.78 is 21.6. The van der Waals surface area contributed by atoms with Crippen LogP contribution in [0.15, 0.2) is 50.6 Å². The molecule has 0 aliphatic carbocycles. The molecule has 7 nitrogen and oxygen atoms in total. The maximum Gasteiger partial charge on any atom is 0.344 e. The van der Waals surface area contributed by atoms with Gasteiger partial charge in [0.1, 0.15) is 0 Å². The van der Waals surface area contributed by atoms with Crippen LogP contribution in [0.2, 0.25) is 0 Å². The van der Waals surface area contributed by atoms with Crippen LogP contribution in [-0.2, 0) is 9.53 Å². The predicted molar refractivity (Wildman–Crippen MR) is 140 cm³/mol. The molecule has 0 amide bonds. The number of rotatable bonds is 17. The number of carbonyl (C=O) groups excluding carboxylic acids is 1. The summed E-state index contributed by atoms with van der Waals surface area (Å²) in [6, 6.07) is 5.31. The molecule has 0 N–H and O–H groups in total. The largest absolute Gasteiger partial charge is 0.478 e. The van der Waals surface area contributed by atoms with Gasteiger partial charge in [0.15, 0.2) is 5.58 Å². The van der Waals surface area contributed by atoms with Crippen molar-refractivity contribution >= 4 is 16.9 Å². The summed E-state index contributed by atoms with van der Waals surface area (Å²) >= 11 is 0. The number of carbonyl (C=O) groups is 1. The molecule has 0 fully saturated rings. The molecular formula is C29H39NO6. The third-order valence-electron chi connectivity index (χ3n) is 6.47. The molecule has 0 spiro atoms. The van der Waals surface area contributed by atoms with Crippen LogP contribution in [-0.4, -0.2) is 24.2 Å². The zero-order chi connectivity index (χ0) is 25.6. The fourth-order valence-electron chi connectivity index (χ4n) is 3.98. The highest BCUT2D eigenvalue weighted by atomic mass is 16.5. The van der Waals surface area contributed by atoms with E-state index in [-0.39, 0.29) is 11.9 Å². The number of nitrogens with zero attached hydrogens (tertiary/aromatic N) is 1. The van der Waals surface area contributed by atoms with Crippen LogP contribution < -0.4 is 10.4 Å². The zero-order valence-electron chi connectivity index (χ0n) is 21.6. The van der Waals surface area contributed by atoms with Crippen molar-refractivity contribution in [3.05, 3.63) is 47.3 Å². The van der Waals surface area contributed by atoms with E-state index < -0.39 is 5.63 Å². The van der Waals surface area contributed by atoms with Crippen LogP contribution in [0.25, 0.3) is 22.1 Å². The summed E-state index contributed by atoms with van der Waals surface area (Å²) in [7, 11) is 0. The maximum absolute atomic E-state index is 12.2. The first-order valence-electron chi connectivity index (χ1n) is 13.3. The van der Waals surface area contributed by atoms with Gasteiger partial charge in [0.2, 0.25) is 5.88 Å². The molecule has 3 rings (SSSR count). The van der Waals surface area contributed by atoms with Gasteiger partial charge in [0, 0.05) is 17.0 Å². The van der Waals surface area contributed by atoms with Gasteiger partial charge in [0.25, 0.3) is 0 Å². The van der Waals surface area contributed by atoms with Crippen LogP contribution in [0.1, 0.15) is 84.5 Å². The lowest BCUT2D eigenvalue weighted by molar-refractivity contribution is -0.148. The molecule has 196 valence electrons. The Labute approximate surface area is 213 Å². The Hall–Kier alpha value is -3.09. The van der Waals surface area contributed by atoms with E-state index in [1.54, 1.807) is 18.2 Å². The summed E-state index contributed by atoms with van der Waals surface area (Å²) in [5, 5.41) is 0.767. The van der Waals surface area contributed by atoms with Crippen molar-refractivity contribution in [3.63, 3.8) is 0 Å². The van der Waals surface area contributed by atoms with Gasteiger partial charge in [-0.1, -0.05) is 65.2 Å². The first kappa shape index (κ1) is 27.5. The SMILES string of the molecule is CCC(C)C(=O)OCCCCCCCCCCCCOc1cc2cc(-c3ccoc3)c(=O)oc2cn1. The minimum absolute atomic E-state index is 0.0134. The van der Waals surface area contributed by atoms with Gasteiger partial charge < -0.3 is 18.3 Å². The number of hydrogen-bond acceptors (Lipinski definition) is 7. The van der Waals surface area contributed by atoms with Crippen molar-refractivity contribution < 1.29 is 23.1 Å². The Balaban J connectivity index is 1.22. The molecule has 1 unspecified atom stereocenters. The van der Waals surface area contributed by atoms with E-state index in [4.69, 9.17) is 18.3 Å². The van der Waals surface area contributed by atoms with E-state index in [0.717, 1.165) is 37.5 Å². The smallest absolute Gasteiger partial charge is 0.344 e. The number of esters is 1. The number of furan rings is 1. The van der Waals surface area contributed by atoms with Crippen LogP contribution in [0, 0.1) is 5.92 Å². The molecule has 0 aromatic carbocycles. The first-order valence-corrected chi connectivity index (χ1v) is 13.3. The quantitative estimate of drug-likeness (QED) is 0.142. The Morgan fingerprint density at radius 2 is 1.64 bits per heavy atom. The van der Waals surface area contributed by atoms with E-state index in [0.29, 0.717) is 35.8 Å². The highest BCUT2D eigenvalue weighted by molar-refractivity contribution is 5.81. The zero-order valence-corrected chi connectivity index (χ0v) is 21.6. The molecule has 3 aromatic heterocycles. The third-order valence-corrected chi connectivity index (χ3v) is 6.47. The second kappa shape index (κ2) is 15.1. The Kier molecular flexibility index (Phi) is 11.5. The predicted octanol–water partition coefficient (Wildman–Crippen LogP) is 7.32. The lowest BCUT2D eigenvalue weighted by Gasteiger charge is -2.09. The Bertz CT molecular complexity index is 1100. The molecule has 3 heterocycles. The number of unbranched alkanes of at least 4 members (excludes halogenated alkanes) is 9. The summed E-state index contributed by atoms with van der Waals surface area (Å²) in [5.74, 6) is 0.481. The van der Waals surface area contributed by atoms with E-state index >= 15 is 0 Å². The van der Waals surface area contributed by atoms with Crippen LogP contribution in [0.4, 0.5) is 0 Å². The molecule has 3 aromatic rings. The summed E-state index contributed by atoms with van der Waals surface area (Å²) in [6.07, 6.45) is 17.1. The monoisotopic (exact) mass is 497 g/mol. The fourth-order valence-corrected chi connectivity index (χ4v) is 3.98. The Morgan fingerprint density at radius 1 is 0.972 bits per heavy atom. The van der Waals surface area contributed by atoms with Gasteiger partial charge in [-0.3, -0.25) is 4.79 Å². The molecule has 0 radical (unpaired) electrons. The lowest BCUT2D eigenvalue weighted by Crippen LogP contribution is -2.14. The van der Waals surface area contributed by atoms with E-state index in [2.05, 4.69) is 4.98 Å². The molecule has 0 bridgehead atoms. The normalized spacial score (nSPS) is 12.1. The van der Waals surface area contributed by atoms with E-state index in [9.17, 15) is 9.59 Å². The lowest BCUT2D eigenvalue weighted by atomic mass is 10.1. The van der Waals surface area contributed by atoms with E-state index in [1.807, 2.05) is 13.8 Å². The summed E-state index contributed by atoms with van der Waals surface area (Å²) in [6.45, 7) is 5.10. The van der Waals surface area contributed by atoms with Crippen molar-refractivity contribution in [3.8, 4) is 17.0 Å². The number of hydrogen-bond donors (Lipinski definition) is 0. The van der Waals surface area contributed by atoms with Gasteiger partial charge in [0.05, 0.1) is 43.4 Å². The van der Waals surface area contributed by atoms with Gasteiger partial charge in [-0.15, -0.1) is 0 Å². The third kappa shape index (κ3) is 8.85. The minimum atomic E-state index is -0.417. The van der Waals surface area contributed by atoms with Gasteiger partial charge >= 0.3 is 11.6 Å². The molecule has 36 heavy (non-hydrogen) atoms. The molecule has 7 heteroatoms. The second-order valence-electron chi connectivity index (χ2n) is 9.38. The van der Waals surface area contributed by atoms with E-state index in [1.165, 1.54) is 57.2 Å². The standard InChI is InChI=1S/C29H39NO6/c1-3-22(2)28(31)35-16-13-11-9-7-5-4-6-8-10-12-15-34-27-19-24-18-25(23-14-17-33-21-23)29(32)36-26(24)20-30-27/h14,17-22H,3-13,15-16H2,1-2H3. The molecular weight excluding hydrogens is 458 g/mol. The number of ether oxygens (including phenoxy) is 2. The molecule has 0 saturated carbocycles. The maximum atomic E-state index is 12.2. The molecule has 0 aliphatic heterocycles. The van der Waals surface area contributed by atoms with Crippen LogP contribution >= 0.6 is 0 Å². The van der Waals surface area contributed by atoms with Crippen molar-refractivity contribution in [2.45, 2.75) is 84.5 Å². The highest BCUT2D eigenvalue weighted by Gasteiger charge is 2.11. The minimum Gasteiger partial charge on any atom is -0.478 e. The summed E-state index contributed by atoms with van der Waals surface area (Å²) in [4.78, 5) is 28.1. The average Bonchev–Trinajstić information content (AvgIpc) is 3.42. The van der Waals surface area contributed by atoms with Crippen LogP contribution in [0.3, 0.4) is 0 Å². The molecule has 1 atom stereocenters. The highest BCUT2D eigenvalue weighted by Crippen LogP contribution is 2.23. The van der Waals surface area contributed by atoms with Gasteiger partial charge in [-0.2, -0.15) is 0 Å². The Morgan fingerprint density at radius 3 is 2.28 bits per heavy atom. The molecule has 0 saturated heterocycles.